The number of anilines is 1. The molecule has 118 valence electrons. The number of carbonyl (C=O) groups excluding carboxylic acids is 1. The first kappa shape index (κ1) is 15.4. The van der Waals surface area contributed by atoms with Crippen LogP contribution in [0, 0.1) is 19.8 Å². The Hall–Kier alpha value is -1.51. The van der Waals surface area contributed by atoms with Gasteiger partial charge in [-0.2, -0.15) is 0 Å². The minimum Gasteiger partial charge on any atom is -0.288 e. The third-order valence-electron chi connectivity index (χ3n) is 3.90. The van der Waals surface area contributed by atoms with Crippen LogP contribution in [0.2, 0.25) is 0 Å². The molecule has 2 aromatic rings. The van der Waals surface area contributed by atoms with Gasteiger partial charge in [0, 0.05) is 18.9 Å². The minimum atomic E-state index is -3.57. The maximum absolute atomic E-state index is 12.1. The van der Waals surface area contributed by atoms with Crippen molar-refractivity contribution in [2.45, 2.75) is 20.3 Å². The van der Waals surface area contributed by atoms with Crippen LogP contribution in [0.1, 0.15) is 17.5 Å². The Bertz CT molecular complexity index is 819. The molecule has 1 atom stereocenters. The summed E-state index contributed by atoms with van der Waals surface area (Å²) in [5, 5.41) is 5.70. The van der Waals surface area contributed by atoms with Gasteiger partial charge >= 0.3 is 0 Å². The molecule has 1 saturated heterocycles. The van der Waals surface area contributed by atoms with Crippen molar-refractivity contribution in [2.75, 3.05) is 17.2 Å². The van der Waals surface area contributed by atoms with E-state index in [9.17, 15) is 13.2 Å². The van der Waals surface area contributed by atoms with Gasteiger partial charge in [-0.05, 0) is 37.1 Å². The summed E-state index contributed by atoms with van der Waals surface area (Å²) in [4.78, 5) is 18.2. The zero-order valence-corrected chi connectivity index (χ0v) is 14.0. The van der Waals surface area contributed by atoms with Crippen LogP contribution in [0.25, 0.3) is 10.2 Å². The number of nitrogens with zero attached hydrogens (tertiary/aromatic N) is 2. The predicted octanol–water partition coefficient (Wildman–Crippen LogP) is 1.55. The first-order valence-electron chi connectivity index (χ1n) is 6.91. The van der Waals surface area contributed by atoms with Gasteiger partial charge in [0.2, 0.25) is 15.9 Å². The lowest BCUT2D eigenvalue weighted by molar-refractivity contribution is -0.117. The highest BCUT2D eigenvalue weighted by Crippen LogP contribution is 2.34. The molecule has 1 aliphatic heterocycles. The van der Waals surface area contributed by atoms with E-state index in [0.717, 1.165) is 15.8 Å². The maximum Gasteiger partial charge on any atom is 0.229 e. The Balaban J connectivity index is 1.89. The molecule has 1 fully saturated rings. The van der Waals surface area contributed by atoms with E-state index in [1.807, 2.05) is 19.9 Å². The summed E-state index contributed by atoms with van der Waals surface area (Å²) in [5.74, 6) is -0.530. The fourth-order valence-corrected chi connectivity index (χ4v) is 4.64. The number of aromatic nitrogens is 1. The average Bonchev–Trinajstić information content (AvgIpc) is 2.91. The minimum absolute atomic E-state index is 0.0962. The number of benzene rings is 1. The van der Waals surface area contributed by atoms with Crippen LogP contribution in [-0.2, 0) is 14.8 Å². The lowest BCUT2D eigenvalue weighted by Crippen LogP contribution is -2.27. The smallest absolute Gasteiger partial charge is 0.229 e. The van der Waals surface area contributed by atoms with E-state index in [1.165, 1.54) is 16.9 Å². The molecule has 1 amide bonds. The molecule has 2 heterocycles. The van der Waals surface area contributed by atoms with Gasteiger partial charge in [0.1, 0.15) is 0 Å². The number of thiazole rings is 1. The highest BCUT2D eigenvalue weighted by atomic mass is 32.2. The number of aryl methyl sites for hydroxylation is 2. The van der Waals surface area contributed by atoms with E-state index in [2.05, 4.69) is 11.1 Å². The van der Waals surface area contributed by atoms with Gasteiger partial charge in [-0.3, -0.25) is 9.69 Å². The summed E-state index contributed by atoms with van der Waals surface area (Å²) in [7, 11) is -3.57. The van der Waals surface area contributed by atoms with Crippen molar-refractivity contribution >= 4 is 42.6 Å². The molecular formula is C14H17N3O3S2. The molecule has 2 N–H and O–H groups in total. The molecule has 0 spiro atoms. The van der Waals surface area contributed by atoms with Crippen molar-refractivity contribution in [3.8, 4) is 0 Å². The first-order valence-corrected chi connectivity index (χ1v) is 9.45. The highest BCUT2D eigenvalue weighted by Gasteiger charge is 2.34. The molecule has 0 bridgehead atoms. The van der Waals surface area contributed by atoms with Crippen LogP contribution in [0.4, 0.5) is 5.13 Å². The van der Waals surface area contributed by atoms with Gasteiger partial charge in [0.05, 0.1) is 16.0 Å². The van der Waals surface area contributed by atoms with Crippen molar-refractivity contribution in [1.29, 1.82) is 0 Å². The number of rotatable bonds is 3. The SMILES string of the molecule is Cc1cc2nc(N3CC(CS(N)(=O)=O)CC3=O)sc2cc1C. The summed E-state index contributed by atoms with van der Waals surface area (Å²) in [6.07, 6.45) is 0.199. The van der Waals surface area contributed by atoms with Gasteiger partial charge < -0.3 is 0 Å². The maximum atomic E-state index is 12.1. The Kier molecular flexibility index (Phi) is 3.70. The number of hydrogen-bond donors (Lipinski definition) is 1. The Morgan fingerprint density at radius 2 is 2.05 bits per heavy atom. The molecule has 1 unspecified atom stereocenters. The standard InChI is InChI=1S/C14H17N3O3S2/c1-8-3-11-12(4-9(8)2)21-14(16-11)17-6-10(5-13(17)18)7-22(15,19)20/h3-4,10H,5-7H2,1-2H3,(H2,15,19,20). The topological polar surface area (TPSA) is 93.4 Å². The fourth-order valence-electron chi connectivity index (χ4n) is 2.69. The van der Waals surface area contributed by atoms with E-state index in [4.69, 9.17) is 5.14 Å². The van der Waals surface area contributed by atoms with Gasteiger partial charge in [-0.15, -0.1) is 0 Å². The zero-order valence-electron chi connectivity index (χ0n) is 12.4. The van der Waals surface area contributed by atoms with E-state index in [-0.39, 0.29) is 24.0 Å². The molecule has 1 aliphatic rings. The molecule has 8 heteroatoms. The Labute approximate surface area is 133 Å². The van der Waals surface area contributed by atoms with Crippen LogP contribution >= 0.6 is 11.3 Å². The van der Waals surface area contributed by atoms with E-state index >= 15 is 0 Å². The summed E-state index contributed by atoms with van der Waals surface area (Å²) < 4.78 is 23.4. The number of primary sulfonamides is 1. The van der Waals surface area contributed by atoms with Crippen molar-refractivity contribution in [1.82, 2.24) is 4.98 Å². The number of carbonyl (C=O) groups is 1. The molecule has 6 nitrogen and oxygen atoms in total. The summed E-state index contributed by atoms with van der Waals surface area (Å²) >= 11 is 1.45. The molecule has 1 aromatic carbocycles. The average molecular weight is 339 g/mol. The molecule has 3 rings (SSSR count). The van der Waals surface area contributed by atoms with Crippen LogP contribution in [0.5, 0.6) is 0 Å². The van der Waals surface area contributed by atoms with E-state index < -0.39 is 10.0 Å². The molecule has 22 heavy (non-hydrogen) atoms. The molecule has 0 radical (unpaired) electrons. The predicted molar refractivity (Wildman–Crippen MR) is 87.5 cm³/mol. The van der Waals surface area contributed by atoms with Gasteiger partial charge in [0.15, 0.2) is 5.13 Å². The summed E-state index contributed by atoms with van der Waals surface area (Å²) in [6.45, 7) is 4.42. The third kappa shape index (κ3) is 2.99. The van der Waals surface area contributed by atoms with Crippen LogP contribution in [0.3, 0.4) is 0 Å². The van der Waals surface area contributed by atoms with E-state index in [1.54, 1.807) is 4.90 Å². The Morgan fingerprint density at radius 3 is 2.73 bits per heavy atom. The second-order valence-corrected chi connectivity index (χ2v) is 8.47. The molecule has 0 aliphatic carbocycles. The number of fused-ring (bicyclic) bond motifs is 1. The second kappa shape index (κ2) is 5.29. The van der Waals surface area contributed by atoms with Crippen molar-refractivity contribution in [3.63, 3.8) is 0 Å². The quantitative estimate of drug-likeness (QED) is 0.918. The summed E-state index contributed by atoms with van der Waals surface area (Å²) in [6, 6.07) is 4.07. The normalized spacial score (nSPS) is 19.3. The van der Waals surface area contributed by atoms with Gasteiger partial charge in [-0.25, -0.2) is 18.5 Å². The lowest BCUT2D eigenvalue weighted by atomic mass is 10.1. The highest BCUT2D eigenvalue weighted by molar-refractivity contribution is 7.89. The monoisotopic (exact) mass is 339 g/mol. The molecule has 1 aromatic heterocycles. The van der Waals surface area contributed by atoms with Gasteiger partial charge in [-0.1, -0.05) is 11.3 Å². The second-order valence-electron chi connectivity index (χ2n) is 5.80. The fraction of sp³-hybridized carbons (Fsp3) is 0.429. The third-order valence-corrected chi connectivity index (χ3v) is 5.87. The van der Waals surface area contributed by atoms with Crippen molar-refractivity contribution < 1.29 is 13.2 Å². The summed E-state index contributed by atoms with van der Waals surface area (Å²) in [5.41, 5.74) is 3.21. The van der Waals surface area contributed by atoms with Gasteiger partial charge in [0.25, 0.3) is 0 Å². The van der Waals surface area contributed by atoms with E-state index in [0.29, 0.717) is 11.7 Å². The van der Waals surface area contributed by atoms with Crippen LogP contribution in [-0.4, -0.2) is 31.6 Å². The molecular weight excluding hydrogens is 322 g/mol. The van der Waals surface area contributed by atoms with Crippen molar-refractivity contribution in [3.05, 3.63) is 23.3 Å². The van der Waals surface area contributed by atoms with Crippen LogP contribution in [0.15, 0.2) is 12.1 Å². The number of sulfonamides is 1. The van der Waals surface area contributed by atoms with Crippen LogP contribution < -0.4 is 10.0 Å². The zero-order chi connectivity index (χ0) is 16.1. The molecule has 0 saturated carbocycles. The Morgan fingerprint density at radius 1 is 1.36 bits per heavy atom. The first-order chi connectivity index (χ1) is 10.2. The number of amides is 1. The largest absolute Gasteiger partial charge is 0.288 e. The lowest BCUT2D eigenvalue weighted by Gasteiger charge is -2.12. The van der Waals surface area contributed by atoms with Crippen molar-refractivity contribution in [2.24, 2.45) is 11.1 Å². The number of hydrogen-bond acceptors (Lipinski definition) is 5. The number of nitrogens with two attached hydrogens (primary N) is 1.